The van der Waals surface area contributed by atoms with Crippen molar-refractivity contribution in [2.45, 2.75) is 20.0 Å². The summed E-state index contributed by atoms with van der Waals surface area (Å²) in [5, 5.41) is 13.2. The highest BCUT2D eigenvalue weighted by atomic mass is 16.6. The third-order valence-electron chi connectivity index (χ3n) is 3.09. The molecule has 0 amide bonds. The highest BCUT2D eigenvalue weighted by Gasteiger charge is 2.27. The third kappa shape index (κ3) is 3.99. The molecule has 1 fully saturated rings. The first-order valence-electron chi connectivity index (χ1n) is 6.83. The van der Waals surface area contributed by atoms with Crippen LogP contribution in [0.25, 0.3) is 0 Å². The SMILES string of the molecule is CC(C)Oc1ncnc(NN2CCN(C)CC2)c1[N+](=O)[O-]. The van der Waals surface area contributed by atoms with E-state index in [1.54, 1.807) is 13.8 Å². The number of aromatic nitrogens is 2. The smallest absolute Gasteiger partial charge is 0.374 e. The zero-order chi connectivity index (χ0) is 15.4. The minimum Gasteiger partial charge on any atom is -0.470 e. The summed E-state index contributed by atoms with van der Waals surface area (Å²) in [6.45, 7) is 6.89. The Morgan fingerprint density at radius 1 is 1.33 bits per heavy atom. The molecule has 1 aromatic rings. The standard InChI is InChI=1S/C12H20N6O3/c1-9(2)21-12-10(18(19)20)11(13-8-14-12)15-17-6-4-16(3)5-7-17/h8-9H,4-7H2,1-3H3,(H,13,14,15). The number of hydrazine groups is 1. The average molecular weight is 296 g/mol. The van der Waals surface area contributed by atoms with Crippen molar-refractivity contribution in [3.8, 4) is 5.88 Å². The van der Waals surface area contributed by atoms with Gasteiger partial charge in [-0.05, 0) is 20.9 Å². The lowest BCUT2D eigenvalue weighted by Crippen LogP contribution is -2.47. The van der Waals surface area contributed by atoms with E-state index in [0.29, 0.717) is 0 Å². The second-order valence-electron chi connectivity index (χ2n) is 5.20. The van der Waals surface area contributed by atoms with E-state index in [2.05, 4.69) is 20.3 Å². The summed E-state index contributed by atoms with van der Waals surface area (Å²) in [5.74, 6) is 0.150. The Hall–Kier alpha value is -2.00. The lowest BCUT2D eigenvalue weighted by atomic mass is 10.4. The summed E-state index contributed by atoms with van der Waals surface area (Å²) in [4.78, 5) is 20.8. The van der Waals surface area contributed by atoms with Crippen molar-refractivity contribution in [1.29, 1.82) is 0 Å². The number of nitro groups is 1. The Bertz CT molecular complexity index is 502. The van der Waals surface area contributed by atoms with Gasteiger partial charge in [-0.1, -0.05) is 0 Å². The van der Waals surface area contributed by atoms with Crippen LogP contribution in [0.3, 0.4) is 0 Å². The molecule has 0 bridgehead atoms. The second-order valence-corrected chi connectivity index (χ2v) is 5.20. The fourth-order valence-electron chi connectivity index (χ4n) is 1.99. The predicted octanol–water partition coefficient (Wildman–Crippen LogP) is 0.746. The van der Waals surface area contributed by atoms with Gasteiger partial charge in [0, 0.05) is 26.2 Å². The van der Waals surface area contributed by atoms with E-state index in [9.17, 15) is 10.1 Å². The van der Waals surface area contributed by atoms with E-state index < -0.39 is 4.92 Å². The van der Waals surface area contributed by atoms with Gasteiger partial charge in [-0.3, -0.25) is 15.5 Å². The molecule has 2 heterocycles. The van der Waals surface area contributed by atoms with Crippen LogP contribution in [0.2, 0.25) is 0 Å². The molecule has 1 N–H and O–H groups in total. The van der Waals surface area contributed by atoms with Gasteiger partial charge in [0.2, 0.25) is 5.82 Å². The number of piperazine rings is 1. The Labute approximate surface area is 123 Å². The summed E-state index contributed by atoms with van der Waals surface area (Å²) < 4.78 is 5.39. The molecule has 116 valence electrons. The summed E-state index contributed by atoms with van der Waals surface area (Å²) in [5.41, 5.74) is 2.77. The lowest BCUT2D eigenvalue weighted by molar-refractivity contribution is -0.385. The van der Waals surface area contributed by atoms with Crippen LogP contribution in [0.15, 0.2) is 6.33 Å². The molecule has 2 rings (SSSR count). The molecule has 9 nitrogen and oxygen atoms in total. The first-order chi connectivity index (χ1) is 9.97. The van der Waals surface area contributed by atoms with E-state index in [0.717, 1.165) is 26.2 Å². The van der Waals surface area contributed by atoms with Crippen LogP contribution in [0.1, 0.15) is 13.8 Å². The summed E-state index contributed by atoms with van der Waals surface area (Å²) in [6, 6.07) is 0. The van der Waals surface area contributed by atoms with Crippen molar-refractivity contribution in [2.24, 2.45) is 0 Å². The predicted molar refractivity (Wildman–Crippen MR) is 77.1 cm³/mol. The van der Waals surface area contributed by atoms with Crippen LogP contribution in [-0.4, -0.2) is 64.1 Å². The fraction of sp³-hybridized carbons (Fsp3) is 0.667. The molecule has 0 aromatic carbocycles. The number of nitrogens with one attached hydrogen (secondary N) is 1. The van der Waals surface area contributed by atoms with Crippen molar-refractivity contribution in [3.63, 3.8) is 0 Å². The Morgan fingerprint density at radius 2 is 2.00 bits per heavy atom. The number of anilines is 1. The van der Waals surface area contributed by atoms with Gasteiger partial charge in [-0.15, -0.1) is 0 Å². The number of hydrogen-bond donors (Lipinski definition) is 1. The van der Waals surface area contributed by atoms with Crippen molar-refractivity contribution in [1.82, 2.24) is 19.9 Å². The number of rotatable bonds is 5. The van der Waals surface area contributed by atoms with Gasteiger partial charge in [0.25, 0.3) is 5.88 Å². The van der Waals surface area contributed by atoms with E-state index in [1.807, 2.05) is 12.1 Å². The minimum atomic E-state index is -0.518. The number of likely N-dealkylation sites (N-methyl/N-ethyl adjacent to an activating group) is 1. The third-order valence-corrected chi connectivity index (χ3v) is 3.09. The molecule has 1 aromatic heterocycles. The summed E-state index contributed by atoms with van der Waals surface area (Å²) in [7, 11) is 2.04. The molecule has 0 radical (unpaired) electrons. The molecule has 0 saturated carbocycles. The van der Waals surface area contributed by atoms with Crippen LogP contribution in [0.4, 0.5) is 11.5 Å². The maximum atomic E-state index is 11.3. The molecule has 9 heteroatoms. The minimum absolute atomic E-state index is 0.0124. The van der Waals surface area contributed by atoms with Gasteiger partial charge in [0.1, 0.15) is 6.33 Å². The maximum Gasteiger partial charge on any atom is 0.374 e. The van der Waals surface area contributed by atoms with Crippen LogP contribution in [0, 0.1) is 10.1 Å². The van der Waals surface area contributed by atoms with Gasteiger partial charge in [0.15, 0.2) is 0 Å². The topological polar surface area (TPSA) is 96.7 Å². The number of ether oxygens (including phenoxy) is 1. The van der Waals surface area contributed by atoms with Crippen LogP contribution >= 0.6 is 0 Å². The summed E-state index contributed by atoms with van der Waals surface area (Å²) >= 11 is 0. The number of hydrogen-bond acceptors (Lipinski definition) is 8. The van der Waals surface area contributed by atoms with Crippen LogP contribution < -0.4 is 10.2 Å². The van der Waals surface area contributed by atoms with Crippen LogP contribution in [-0.2, 0) is 0 Å². The molecular weight excluding hydrogens is 276 g/mol. The summed E-state index contributed by atoms with van der Waals surface area (Å²) in [6.07, 6.45) is 1.07. The molecule has 1 aliphatic rings. The normalized spacial score (nSPS) is 17.0. The second kappa shape index (κ2) is 6.64. The molecule has 0 unspecified atom stereocenters. The first kappa shape index (κ1) is 15.4. The zero-order valence-corrected chi connectivity index (χ0v) is 12.4. The monoisotopic (exact) mass is 296 g/mol. The van der Waals surface area contributed by atoms with Crippen LogP contribution in [0.5, 0.6) is 5.88 Å². The number of nitrogens with zero attached hydrogens (tertiary/aromatic N) is 5. The van der Waals surface area contributed by atoms with Crippen molar-refractivity contribution >= 4 is 11.5 Å². The van der Waals surface area contributed by atoms with Gasteiger partial charge >= 0.3 is 5.69 Å². The molecule has 0 aliphatic carbocycles. The molecule has 0 spiro atoms. The van der Waals surface area contributed by atoms with Crippen molar-refractivity contribution in [3.05, 3.63) is 16.4 Å². The van der Waals surface area contributed by atoms with E-state index in [1.165, 1.54) is 6.33 Å². The van der Waals surface area contributed by atoms with E-state index >= 15 is 0 Å². The van der Waals surface area contributed by atoms with E-state index in [-0.39, 0.29) is 23.5 Å². The Morgan fingerprint density at radius 3 is 2.57 bits per heavy atom. The Balaban J connectivity index is 2.20. The molecular formula is C12H20N6O3. The average Bonchev–Trinajstić information content (AvgIpc) is 2.40. The quantitative estimate of drug-likeness (QED) is 0.628. The highest BCUT2D eigenvalue weighted by Crippen LogP contribution is 2.31. The van der Waals surface area contributed by atoms with Gasteiger partial charge in [-0.2, -0.15) is 4.98 Å². The van der Waals surface area contributed by atoms with Gasteiger partial charge < -0.3 is 9.64 Å². The Kier molecular flexibility index (Phi) is 4.86. The van der Waals surface area contributed by atoms with E-state index in [4.69, 9.17) is 4.74 Å². The highest BCUT2D eigenvalue weighted by molar-refractivity contribution is 5.60. The first-order valence-corrected chi connectivity index (χ1v) is 6.83. The molecule has 0 atom stereocenters. The lowest BCUT2D eigenvalue weighted by Gasteiger charge is -2.32. The molecule has 1 saturated heterocycles. The van der Waals surface area contributed by atoms with Gasteiger partial charge in [0.05, 0.1) is 11.0 Å². The largest absolute Gasteiger partial charge is 0.470 e. The molecule has 1 aliphatic heterocycles. The van der Waals surface area contributed by atoms with Crippen molar-refractivity contribution < 1.29 is 9.66 Å². The molecule has 21 heavy (non-hydrogen) atoms. The zero-order valence-electron chi connectivity index (χ0n) is 12.4. The van der Waals surface area contributed by atoms with Crippen molar-refractivity contribution in [2.75, 3.05) is 38.7 Å². The fourth-order valence-corrected chi connectivity index (χ4v) is 1.99. The maximum absolute atomic E-state index is 11.3. The van der Waals surface area contributed by atoms with Gasteiger partial charge in [-0.25, -0.2) is 9.99 Å².